The lowest BCUT2D eigenvalue weighted by atomic mass is 10.1. The Morgan fingerprint density at radius 1 is 0.967 bits per heavy atom. The summed E-state index contributed by atoms with van der Waals surface area (Å²) in [5.41, 5.74) is 6.34. The minimum Gasteiger partial charge on any atom is -0.321 e. The van der Waals surface area contributed by atoms with Crippen LogP contribution in [0.25, 0.3) is 50.5 Å². The number of hydrogen-bond donors (Lipinski definition) is 2. The molecule has 2 N–H and O–H groups in total. The molecule has 0 saturated carbocycles. The van der Waals surface area contributed by atoms with Crippen molar-refractivity contribution in [2.75, 3.05) is 0 Å². The van der Waals surface area contributed by atoms with E-state index in [2.05, 4.69) is 40.1 Å². The van der Waals surface area contributed by atoms with Crippen molar-refractivity contribution in [2.45, 2.75) is 6.92 Å². The highest BCUT2D eigenvalue weighted by atomic mass is 15.2. The Hall–Kier alpha value is -4.47. The van der Waals surface area contributed by atoms with Crippen molar-refractivity contribution in [3.63, 3.8) is 0 Å². The fourth-order valence-electron chi connectivity index (χ4n) is 3.46. The van der Waals surface area contributed by atoms with E-state index in [-0.39, 0.29) is 0 Å². The third-order valence-electron chi connectivity index (χ3n) is 4.89. The van der Waals surface area contributed by atoms with Crippen molar-refractivity contribution < 1.29 is 0 Å². The van der Waals surface area contributed by atoms with Crippen LogP contribution in [-0.4, -0.2) is 49.7 Å². The molecule has 6 aromatic heterocycles. The van der Waals surface area contributed by atoms with Crippen LogP contribution < -0.4 is 0 Å². The molecule has 0 aliphatic heterocycles. The number of H-pyrrole nitrogens is 2. The molecular formula is C20H14N10. The number of fused-ring (bicyclic) bond motifs is 2. The van der Waals surface area contributed by atoms with Gasteiger partial charge >= 0.3 is 0 Å². The molecule has 30 heavy (non-hydrogen) atoms. The molecule has 0 unspecified atom stereocenters. The van der Waals surface area contributed by atoms with Crippen LogP contribution in [0.5, 0.6) is 0 Å². The Bertz CT molecular complexity index is 1510. The van der Waals surface area contributed by atoms with Crippen molar-refractivity contribution in [1.82, 2.24) is 49.7 Å². The molecule has 6 heterocycles. The topological polar surface area (TPSA) is 127 Å². The van der Waals surface area contributed by atoms with E-state index in [1.807, 2.05) is 29.8 Å². The van der Waals surface area contributed by atoms with Gasteiger partial charge in [0.25, 0.3) is 0 Å². The van der Waals surface area contributed by atoms with E-state index in [4.69, 9.17) is 4.98 Å². The molecule has 0 atom stereocenters. The summed E-state index contributed by atoms with van der Waals surface area (Å²) in [5.74, 6) is 0.608. The first-order valence-corrected chi connectivity index (χ1v) is 9.22. The van der Waals surface area contributed by atoms with Crippen LogP contribution in [0, 0.1) is 6.92 Å². The van der Waals surface area contributed by atoms with E-state index in [0.29, 0.717) is 22.8 Å². The van der Waals surface area contributed by atoms with Gasteiger partial charge in [-0.05, 0) is 19.1 Å². The van der Waals surface area contributed by atoms with E-state index in [0.717, 1.165) is 33.4 Å². The van der Waals surface area contributed by atoms with E-state index in [1.54, 1.807) is 31.1 Å². The number of nitrogens with zero attached hydrogens (tertiary/aromatic N) is 8. The predicted octanol–water partition coefficient (Wildman–Crippen LogP) is 2.85. The molecule has 6 aromatic rings. The molecule has 0 spiro atoms. The molecule has 0 aromatic carbocycles. The highest BCUT2D eigenvalue weighted by molar-refractivity contribution is 5.94. The SMILES string of the molecule is Cc1cn(-c2ccnc3[nH]c(-c4n[nH]c5ncc(-c6cncnc6)cc45)nc23)cn1. The Labute approximate surface area is 169 Å². The van der Waals surface area contributed by atoms with Crippen LogP contribution in [0.2, 0.25) is 0 Å². The van der Waals surface area contributed by atoms with E-state index in [9.17, 15) is 0 Å². The Kier molecular flexibility index (Phi) is 3.45. The molecule has 6 rings (SSSR count). The molecule has 144 valence electrons. The monoisotopic (exact) mass is 394 g/mol. The first-order chi connectivity index (χ1) is 14.8. The van der Waals surface area contributed by atoms with Crippen molar-refractivity contribution in [3.8, 4) is 28.3 Å². The lowest BCUT2D eigenvalue weighted by molar-refractivity contribution is 1.06. The van der Waals surface area contributed by atoms with Crippen molar-refractivity contribution in [2.24, 2.45) is 0 Å². The number of pyridine rings is 2. The van der Waals surface area contributed by atoms with Gasteiger partial charge in [-0.1, -0.05) is 0 Å². The fraction of sp³-hybridized carbons (Fsp3) is 0.0500. The zero-order chi connectivity index (χ0) is 20.1. The molecule has 0 aliphatic carbocycles. The second kappa shape index (κ2) is 6.27. The third kappa shape index (κ3) is 2.54. The van der Waals surface area contributed by atoms with Crippen LogP contribution in [0.15, 0.2) is 55.8 Å². The minimum absolute atomic E-state index is 0.608. The van der Waals surface area contributed by atoms with Gasteiger partial charge < -0.3 is 9.55 Å². The number of rotatable bonds is 3. The predicted molar refractivity (Wildman–Crippen MR) is 110 cm³/mol. The average Bonchev–Trinajstić information content (AvgIpc) is 3.51. The molecule has 0 saturated heterocycles. The van der Waals surface area contributed by atoms with Gasteiger partial charge in [-0.3, -0.25) is 5.10 Å². The third-order valence-corrected chi connectivity index (χ3v) is 4.89. The zero-order valence-corrected chi connectivity index (χ0v) is 15.8. The van der Waals surface area contributed by atoms with Crippen LogP contribution >= 0.6 is 0 Å². The van der Waals surface area contributed by atoms with E-state index >= 15 is 0 Å². The van der Waals surface area contributed by atoms with Gasteiger partial charge in [0.2, 0.25) is 0 Å². The van der Waals surface area contributed by atoms with Crippen LogP contribution in [-0.2, 0) is 0 Å². The summed E-state index contributed by atoms with van der Waals surface area (Å²) in [6, 6.07) is 3.91. The lowest BCUT2D eigenvalue weighted by Crippen LogP contribution is -1.92. The maximum atomic E-state index is 4.79. The number of aromatic amines is 2. The summed E-state index contributed by atoms with van der Waals surface area (Å²) in [4.78, 5) is 29.4. The van der Waals surface area contributed by atoms with Crippen LogP contribution in [0.4, 0.5) is 0 Å². The zero-order valence-electron chi connectivity index (χ0n) is 15.8. The van der Waals surface area contributed by atoms with Crippen LogP contribution in [0.3, 0.4) is 0 Å². The Morgan fingerprint density at radius 3 is 2.70 bits per heavy atom. The summed E-state index contributed by atoms with van der Waals surface area (Å²) < 4.78 is 1.93. The number of aromatic nitrogens is 10. The Balaban J connectivity index is 1.52. The standard InChI is InChI=1S/C20H14N10/c1-11-8-30(10-25-11)15-2-3-23-19-17(15)26-20(27-19)16-14-4-12(7-24-18(14)29-28-16)13-5-21-9-22-6-13/h2-10H,1H3,(H,23,26,27)(H,24,28,29). The van der Waals surface area contributed by atoms with E-state index in [1.165, 1.54) is 6.33 Å². The van der Waals surface area contributed by atoms with Crippen molar-refractivity contribution in [3.05, 3.63) is 61.5 Å². The highest BCUT2D eigenvalue weighted by Gasteiger charge is 2.17. The lowest BCUT2D eigenvalue weighted by Gasteiger charge is -2.01. The second-order valence-corrected chi connectivity index (χ2v) is 6.85. The van der Waals surface area contributed by atoms with Crippen LogP contribution in [0.1, 0.15) is 5.69 Å². The average molecular weight is 394 g/mol. The molecular weight excluding hydrogens is 380 g/mol. The molecule has 10 nitrogen and oxygen atoms in total. The molecule has 0 radical (unpaired) electrons. The van der Waals surface area contributed by atoms with Gasteiger partial charge in [0.1, 0.15) is 17.5 Å². The van der Waals surface area contributed by atoms with E-state index < -0.39 is 0 Å². The summed E-state index contributed by atoms with van der Waals surface area (Å²) in [7, 11) is 0. The first kappa shape index (κ1) is 16.5. The Morgan fingerprint density at radius 2 is 1.87 bits per heavy atom. The minimum atomic E-state index is 0.608. The second-order valence-electron chi connectivity index (χ2n) is 6.85. The van der Waals surface area contributed by atoms with Gasteiger partial charge in [-0.25, -0.2) is 29.9 Å². The summed E-state index contributed by atoms with van der Waals surface area (Å²) >= 11 is 0. The summed E-state index contributed by atoms with van der Waals surface area (Å²) in [6.07, 6.45) is 12.2. The van der Waals surface area contributed by atoms with Gasteiger partial charge in [0.15, 0.2) is 17.1 Å². The number of aryl methyl sites for hydroxylation is 1. The summed E-state index contributed by atoms with van der Waals surface area (Å²) in [6.45, 7) is 1.95. The van der Waals surface area contributed by atoms with Gasteiger partial charge in [-0.15, -0.1) is 0 Å². The van der Waals surface area contributed by atoms with Gasteiger partial charge in [-0.2, -0.15) is 5.10 Å². The highest BCUT2D eigenvalue weighted by Crippen LogP contribution is 2.29. The van der Waals surface area contributed by atoms with Gasteiger partial charge in [0.05, 0.1) is 23.1 Å². The van der Waals surface area contributed by atoms with Crippen molar-refractivity contribution >= 4 is 22.2 Å². The van der Waals surface area contributed by atoms with Gasteiger partial charge in [0, 0.05) is 42.1 Å². The maximum absolute atomic E-state index is 4.79. The molecule has 0 aliphatic rings. The summed E-state index contributed by atoms with van der Waals surface area (Å²) in [5, 5.41) is 8.26. The number of imidazole rings is 2. The number of nitrogens with one attached hydrogen (secondary N) is 2. The largest absolute Gasteiger partial charge is 0.321 e. The maximum Gasteiger partial charge on any atom is 0.161 e. The molecule has 0 bridgehead atoms. The molecule has 10 heteroatoms. The van der Waals surface area contributed by atoms with Crippen molar-refractivity contribution in [1.29, 1.82) is 0 Å². The smallest absolute Gasteiger partial charge is 0.161 e. The first-order valence-electron chi connectivity index (χ1n) is 9.22. The normalized spacial score (nSPS) is 11.5. The molecule has 0 fully saturated rings. The number of hydrogen-bond acceptors (Lipinski definition) is 7. The fourth-order valence-corrected chi connectivity index (χ4v) is 3.46. The molecule has 0 amide bonds. The quantitative estimate of drug-likeness (QED) is 0.472.